The number of hydrogen-bond donors (Lipinski definition) is 6. The average molecular weight is 926 g/mol. The fourth-order valence-corrected chi connectivity index (χ4v) is 7.94. The smallest absolute Gasteiger partial charge is 0.220 e. The van der Waals surface area contributed by atoms with E-state index in [1.54, 1.807) is 6.08 Å². The molecule has 0 aliphatic carbocycles. The lowest BCUT2D eigenvalue weighted by Gasteiger charge is -2.40. The molecule has 7 unspecified atom stereocenters. The van der Waals surface area contributed by atoms with E-state index in [2.05, 4.69) is 92.1 Å². The molecule has 9 nitrogen and oxygen atoms in total. The monoisotopic (exact) mass is 926 g/mol. The molecule has 1 aliphatic heterocycles. The van der Waals surface area contributed by atoms with Gasteiger partial charge in [-0.1, -0.05) is 208 Å². The Morgan fingerprint density at radius 3 is 1.45 bits per heavy atom. The Hall–Kier alpha value is -2.63. The van der Waals surface area contributed by atoms with Gasteiger partial charge >= 0.3 is 0 Å². The number of allylic oxidation sites excluding steroid dienone is 13. The van der Waals surface area contributed by atoms with Crippen molar-refractivity contribution < 1.29 is 39.8 Å². The van der Waals surface area contributed by atoms with E-state index in [4.69, 9.17) is 9.47 Å². The van der Waals surface area contributed by atoms with E-state index in [1.165, 1.54) is 116 Å². The van der Waals surface area contributed by atoms with E-state index in [0.717, 1.165) is 77.0 Å². The normalized spacial score (nSPS) is 20.5. The Bertz CT molecular complexity index is 1300. The predicted octanol–water partition coefficient (Wildman–Crippen LogP) is 12.7. The average Bonchev–Trinajstić information content (AvgIpc) is 3.32. The van der Waals surface area contributed by atoms with Crippen LogP contribution < -0.4 is 5.32 Å². The van der Waals surface area contributed by atoms with E-state index in [1.807, 2.05) is 6.08 Å². The lowest BCUT2D eigenvalue weighted by molar-refractivity contribution is -0.302. The van der Waals surface area contributed by atoms with Crippen LogP contribution in [0.4, 0.5) is 0 Å². The molecular weight excluding hydrogens is 827 g/mol. The van der Waals surface area contributed by atoms with Crippen molar-refractivity contribution in [3.05, 3.63) is 85.1 Å². The second-order valence-electron chi connectivity index (χ2n) is 18.3. The Labute approximate surface area is 403 Å². The summed E-state index contributed by atoms with van der Waals surface area (Å²) in [7, 11) is 0. The van der Waals surface area contributed by atoms with E-state index >= 15 is 0 Å². The molecular formula is C57H99NO8. The molecule has 1 rings (SSSR count). The van der Waals surface area contributed by atoms with Gasteiger partial charge in [-0.2, -0.15) is 0 Å². The summed E-state index contributed by atoms with van der Waals surface area (Å²) in [5, 5.41) is 54.3. The topological polar surface area (TPSA) is 149 Å². The zero-order valence-corrected chi connectivity index (χ0v) is 41.9. The summed E-state index contributed by atoms with van der Waals surface area (Å²) in [6.45, 7) is 3.61. The van der Waals surface area contributed by atoms with Crippen molar-refractivity contribution in [2.24, 2.45) is 0 Å². The fraction of sp³-hybridized carbons (Fsp3) is 0.737. The van der Waals surface area contributed by atoms with Crippen LogP contribution in [-0.4, -0.2) is 87.5 Å². The van der Waals surface area contributed by atoms with Crippen molar-refractivity contribution >= 4 is 5.91 Å². The number of hydrogen-bond acceptors (Lipinski definition) is 8. The van der Waals surface area contributed by atoms with Gasteiger partial charge in [-0.05, 0) is 83.5 Å². The third-order valence-corrected chi connectivity index (χ3v) is 12.2. The van der Waals surface area contributed by atoms with Gasteiger partial charge in [-0.25, -0.2) is 0 Å². The Morgan fingerprint density at radius 2 is 0.955 bits per heavy atom. The number of ether oxygens (including phenoxy) is 2. The SMILES string of the molecule is CC/C=C\C/C=C\C/C=C\C/C=C\CCCCCCCCCCCCCCCCCCC(=O)NC(COC1OC(CO)C(O)C(O)C1O)C(O)/C=C/CC/C=C/CC/C=C/CCCCCC. The van der Waals surface area contributed by atoms with Crippen LogP contribution in [0.1, 0.15) is 213 Å². The van der Waals surface area contributed by atoms with Crippen LogP contribution in [0, 0.1) is 0 Å². The molecule has 0 bridgehead atoms. The van der Waals surface area contributed by atoms with Crippen molar-refractivity contribution in [2.75, 3.05) is 13.2 Å². The van der Waals surface area contributed by atoms with Gasteiger partial charge in [0, 0.05) is 6.42 Å². The standard InChI is InChI=1S/C57H99NO8/c1-3-5-7-9-11-13-15-17-19-20-21-22-23-24-25-26-27-28-29-30-31-32-33-35-37-39-41-43-45-47-53(61)58-50(49-65-57-56(64)55(63)54(62)52(48-59)66-57)51(60)46-44-42-40-38-36-34-18-16-14-12-10-8-6-4-2/h5,7,11,13-14,16-17,19,21-22,36,38,44,46,50-52,54-57,59-60,62-64H,3-4,6,8-10,12,15,18,20,23-35,37,39-43,45,47-49H2,1-2H3,(H,58,61)/b7-5-,13-11-,16-14+,19-17-,22-21-,38-36+,46-44+. The van der Waals surface area contributed by atoms with Gasteiger partial charge in [-0.15, -0.1) is 0 Å². The highest BCUT2D eigenvalue weighted by atomic mass is 16.7. The molecule has 1 aliphatic rings. The number of rotatable bonds is 44. The highest BCUT2D eigenvalue weighted by Gasteiger charge is 2.44. The van der Waals surface area contributed by atoms with Crippen LogP contribution in [0.3, 0.4) is 0 Å². The lowest BCUT2D eigenvalue weighted by atomic mass is 9.99. The van der Waals surface area contributed by atoms with E-state index in [9.17, 15) is 30.3 Å². The molecule has 0 aromatic carbocycles. The zero-order chi connectivity index (χ0) is 48.0. The lowest BCUT2D eigenvalue weighted by Crippen LogP contribution is -2.60. The van der Waals surface area contributed by atoms with Crippen LogP contribution in [0.5, 0.6) is 0 Å². The summed E-state index contributed by atoms with van der Waals surface area (Å²) in [5.74, 6) is -0.194. The number of amides is 1. The van der Waals surface area contributed by atoms with E-state index < -0.39 is 49.5 Å². The van der Waals surface area contributed by atoms with Crippen LogP contribution in [0.15, 0.2) is 85.1 Å². The van der Waals surface area contributed by atoms with Crippen molar-refractivity contribution in [3.8, 4) is 0 Å². The minimum Gasteiger partial charge on any atom is -0.394 e. The molecule has 380 valence electrons. The minimum absolute atomic E-state index is 0.194. The Kier molecular flexibility index (Phi) is 42.9. The van der Waals surface area contributed by atoms with Crippen molar-refractivity contribution in [1.82, 2.24) is 5.32 Å². The molecule has 0 spiro atoms. The summed E-state index contributed by atoms with van der Waals surface area (Å²) >= 11 is 0. The summed E-state index contributed by atoms with van der Waals surface area (Å²) in [6, 6.07) is -0.831. The largest absolute Gasteiger partial charge is 0.394 e. The molecule has 7 atom stereocenters. The zero-order valence-electron chi connectivity index (χ0n) is 41.9. The number of carbonyl (C=O) groups is 1. The summed E-state index contributed by atoms with van der Waals surface area (Å²) < 4.78 is 11.2. The maximum absolute atomic E-state index is 13.0. The third kappa shape index (κ3) is 35.5. The molecule has 6 N–H and O–H groups in total. The van der Waals surface area contributed by atoms with Crippen molar-refractivity contribution in [3.63, 3.8) is 0 Å². The van der Waals surface area contributed by atoms with Crippen molar-refractivity contribution in [1.29, 1.82) is 0 Å². The Morgan fingerprint density at radius 1 is 0.530 bits per heavy atom. The first-order chi connectivity index (χ1) is 32.3. The molecule has 1 heterocycles. The maximum atomic E-state index is 13.0. The number of aliphatic hydroxyl groups excluding tert-OH is 5. The summed E-state index contributed by atoms with van der Waals surface area (Å²) in [5.41, 5.74) is 0. The maximum Gasteiger partial charge on any atom is 0.220 e. The van der Waals surface area contributed by atoms with Crippen LogP contribution in [0.2, 0.25) is 0 Å². The quantitative estimate of drug-likeness (QED) is 0.0261. The molecule has 0 aromatic rings. The van der Waals surface area contributed by atoms with Gasteiger partial charge < -0.3 is 40.3 Å². The van der Waals surface area contributed by atoms with Gasteiger partial charge in [0.05, 0.1) is 25.4 Å². The molecule has 1 fully saturated rings. The van der Waals surface area contributed by atoms with Crippen LogP contribution >= 0.6 is 0 Å². The number of unbranched alkanes of at least 4 members (excludes halogenated alkanes) is 22. The molecule has 9 heteroatoms. The Balaban J connectivity index is 2.21. The van der Waals surface area contributed by atoms with Gasteiger partial charge in [0.25, 0.3) is 0 Å². The number of carbonyl (C=O) groups excluding carboxylic acids is 1. The fourth-order valence-electron chi connectivity index (χ4n) is 7.94. The van der Waals surface area contributed by atoms with E-state index in [0.29, 0.717) is 6.42 Å². The van der Waals surface area contributed by atoms with Gasteiger partial charge in [0.1, 0.15) is 24.4 Å². The second kappa shape index (κ2) is 46.1. The second-order valence-corrected chi connectivity index (χ2v) is 18.3. The van der Waals surface area contributed by atoms with Crippen LogP contribution in [-0.2, 0) is 14.3 Å². The highest BCUT2D eigenvalue weighted by Crippen LogP contribution is 2.23. The first-order valence-corrected chi connectivity index (χ1v) is 26.8. The first kappa shape index (κ1) is 61.4. The van der Waals surface area contributed by atoms with Crippen molar-refractivity contribution in [2.45, 2.75) is 256 Å². The first-order valence-electron chi connectivity index (χ1n) is 26.8. The van der Waals surface area contributed by atoms with Gasteiger partial charge in [0.2, 0.25) is 5.91 Å². The predicted molar refractivity (Wildman–Crippen MR) is 276 cm³/mol. The van der Waals surface area contributed by atoms with Crippen LogP contribution in [0.25, 0.3) is 0 Å². The van der Waals surface area contributed by atoms with Gasteiger partial charge in [-0.3, -0.25) is 4.79 Å². The number of aliphatic hydroxyl groups is 5. The molecule has 1 amide bonds. The van der Waals surface area contributed by atoms with E-state index in [-0.39, 0.29) is 12.5 Å². The minimum atomic E-state index is -1.58. The molecule has 0 radical (unpaired) electrons. The summed E-state index contributed by atoms with van der Waals surface area (Å²) in [6.07, 6.45) is 57.9. The molecule has 0 aromatic heterocycles. The highest BCUT2D eigenvalue weighted by molar-refractivity contribution is 5.76. The van der Waals surface area contributed by atoms with Gasteiger partial charge in [0.15, 0.2) is 6.29 Å². The molecule has 0 saturated carbocycles. The summed E-state index contributed by atoms with van der Waals surface area (Å²) in [4.78, 5) is 13.0. The molecule has 1 saturated heterocycles. The number of nitrogens with one attached hydrogen (secondary N) is 1. The third-order valence-electron chi connectivity index (χ3n) is 12.2. The molecule has 66 heavy (non-hydrogen) atoms.